The third-order valence-electron chi connectivity index (χ3n) is 2.75. The van der Waals surface area contributed by atoms with E-state index in [1.54, 1.807) is 12.3 Å². The minimum absolute atomic E-state index is 0.318. The summed E-state index contributed by atoms with van der Waals surface area (Å²) in [5, 5.41) is 0. The van der Waals surface area contributed by atoms with Crippen molar-refractivity contribution in [3.63, 3.8) is 0 Å². The monoisotopic (exact) mass is 291 g/mol. The fourth-order valence-electron chi connectivity index (χ4n) is 1.91. The second-order valence-electron chi connectivity index (χ2n) is 4.72. The summed E-state index contributed by atoms with van der Waals surface area (Å²) in [5.74, 6) is 0.318. The van der Waals surface area contributed by atoms with Gasteiger partial charge in [-0.05, 0) is 18.2 Å². The van der Waals surface area contributed by atoms with Crippen molar-refractivity contribution in [1.82, 2.24) is 4.98 Å². The van der Waals surface area contributed by atoms with Gasteiger partial charge in [-0.2, -0.15) is 0 Å². The number of hydrogen-bond donors (Lipinski definition) is 1. The number of pyridine rings is 1. The van der Waals surface area contributed by atoms with Crippen molar-refractivity contribution >= 4 is 21.5 Å². The molecule has 20 heavy (non-hydrogen) atoms. The minimum Gasteiger partial charge on any atom is -0.377 e. The zero-order valence-corrected chi connectivity index (χ0v) is 12.5. The molecule has 0 aliphatic carbocycles. The molecule has 0 aliphatic heterocycles. The maximum atomic E-state index is 11.1. The van der Waals surface area contributed by atoms with Crippen LogP contribution >= 0.6 is 0 Å². The fourth-order valence-corrected chi connectivity index (χ4v) is 2.41. The summed E-state index contributed by atoms with van der Waals surface area (Å²) in [4.78, 5) is 6.16. The first kappa shape index (κ1) is 14.3. The summed E-state index contributed by atoms with van der Waals surface area (Å²) < 4.78 is 24.6. The van der Waals surface area contributed by atoms with Crippen LogP contribution in [0.3, 0.4) is 0 Å². The van der Waals surface area contributed by atoms with E-state index in [0.29, 0.717) is 5.82 Å². The molecule has 2 rings (SSSR count). The Bertz CT molecular complexity index is 695. The highest BCUT2D eigenvalue weighted by Crippen LogP contribution is 2.29. The van der Waals surface area contributed by atoms with Crippen LogP contribution in [0.2, 0.25) is 0 Å². The van der Waals surface area contributed by atoms with E-state index in [1.807, 2.05) is 49.3 Å². The number of para-hydroxylation sites is 1. The maximum Gasteiger partial charge on any atom is 0.230 e. The van der Waals surface area contributed by atoms with E-state index < -0.39 is 10.0 Å². The van der Waals surface area contributed by atoms with Gasteiger partial charge in [-0.1, -0.05) is 18.2 Å². The molecule has 6 heteroatoms. The highest BCUT2D eigenvalue weighted by Gasteiger charge is 2.08. The van der Waals surface area contributed by atoms with Gasteiger partial charge in [-0.3, -0.25) is 4.72 Å². The van der Waals surface area contributed by atoms with Gasteiger partial charge in [0, 0.05) is 37.1 Å². The Hall–Kier alpha value is -2.08. The molecule has 0 amide bonds. The van der Waals surface area contributed by atoms with E-state index in [4.69, 9.17) is 0 Å². The first-order valence-corrected chi connectivity index (χ1v) is 7.96. The average molecular weight is 291 g/mol. The second-order valence-corrected chi connectivity index (χ2v) is 6.47. The number of aromatic nitrogens is 1. The lowest BCUT2D eigenvalue weighted by Crippen LogP contribution is -2.11. The smallest absolute Gasteiger partial charge is 0.230 e. The van der Waals surface area contributed by atoms with Gasteiger partial charge < -0.3 is 4.90 Å². The van der Waals surface area contributed by atoms with Crippen LogP contribution in [-0.2, 0) is 10.0 Å². The summed E-state index contributed by atoms with van der Waals surface area (Å²) in [6.07, 6.45) is 2.76. The summed E-state index contributed by atoms with van der Waals surface area (Å²) in [6.45, 7) is 0. The van der Waals surface area contributed by atoms with Gasteiger partial charge in [-0.15, -0.1) is 0 Å². The van der Waals surface area contributed by atoms with Crippen LogP contribution in [0.25, 0.3) is 11.1 Å². The molecule has 0 fully saturated rings. The molecule has 2 aromatic rings. The molecule has 0 spiro atoms. The fraction of sp³-hybridized carbons (Fsp3) is 0.214. The van der Waals surface area contributed by atoms with Crippen LogP contribution < -0.4 is 9.62 Å². The van der Waals surface area contributed by atoms with Gasteiger partial charge >= 0.3 is 0 Å². The van der Waals surface area contributed by atoms with Crippen LogP contribution in [0, 0.1) is 0 Å². The lowest BCUT2D eigenvalue weighted by molar-refractivity contribution is 0.606. The molecule has 0 saturated carbocycles. The van der Waals surface area contributed by atoms with Crippen molar-refractivity contribution in [2.75, 3.05) is 30.0 Å². The molecule has 1 aromatic carbocycles. The number of nitrogens with zero attached hydrogens (tertiary/aromatic N) is 2. The van der Waals surface area contributed by atoms with Crippen LogP contribution in [0.4, 0.5) is 11.5 Å². The molecule has 5 nitrogen and oxygen atoms in total. The Balaban J connectivity index is 2.36. The van der Waals surface area contributed by atoms with Crippen LogP contribution in [0.5, 0.6) is 0 Å². The van der Waals surface area contributed by atoms with Crippen molar-refractivity contribution in [3.05, 3.63) is 42.6 Å². The van der Waals surface area contributed by atoms with E-state index in [-0.39, 0.29) is 0 Å². The Morgan fingerprint density at radius 3 is 2.35 bits per heavy atom. The van der Waals surface area contributed by atoms with E-state index >= 15 is 0 Å². The molecular weight excluding hydrogens is 274 g/mol. The molecule has 1 heterocycles. The highest BCUT2D eigenvalue weighted by atomic mass is 32.2. The normalized spacial score (nSPS) is 11.2. The van der Waals surface area contributed by atoms with Crippen molar-refractivity contribution in [2.45, 2.75) is 0 Å². The molecule has 0 aliphatic rings. The van der Waals surface area contributed by atoms with Crippen molar-refractivity contribution in [1.29, 1.82) is 0 Å². The summed E-state index contributed by atoms with van der Waals surface area (Å²) in [5.41, 5.74) is 3.07. The van der Waals surface area contributed by atoms with Gasteiger partial charge in [-0.25, -0.2) is 13.4 Å². The van der Waals surface area contributed by atoms with Gasteiger partial charge in [0.1, 0.15) is 5.82 Å². The Kier molecular flexibility index (Phi) is 3.94. The highest BCUT2D eigenvalue weighted by molar-refractivity contribution is 7.92. The lowest BCUT2D eigenvalue weighted by Gasteiger charge is -2.17. The third kappa shape index (κ3) is 3.48. The Morgan fingerprint density at radius 2 is 1.80 bits per heavy atom. The van der Waals surface area contributed by atoms with Crippen molar-refractivity contribution in [3.8, 4) is 11.1 Å². The first-order chi connectivity index (χ1) is 9.37. The number of benzene rings is 1. The zero-order valence-electron chi connectivity index (χ0n) is 11.7. The van der Waals surface area contributed by atoms with E-state index in [9.17, 15) is 8.42 Å². The summed E-state index contributed by atoms with van der Waals surface area (Å²) in [6, 6.07) is 11.5. The predicted octanol–water partition coefficient (Wildman–Crippen LogP) is 2.19. The lowest BCUT2D eigenvalue weighted by atomic mass is 10.1. The van der Waals surface area contributed by atoms with Gasteiger partial charge in [0.05, 0.1) is 6.26 Å². The molecule has 0 unspecified atom stereocenters. The van der Waals surface area contributed by atoms with Crippen LogP contribution in [0.15, 0.2) is 42.6 Å². The number of anilines is 2. The predicted molar refractivity (Wildman–Crippen MR) is 82.5 cm³/mol. The summed E-state index contributed by atoms with van der Waals surface area (Å²) >= 11 is 0. The molecule has 1 N–H and O–H groups in total. The number of sulfonamides is 1. The number of nitrogens with one attached hydrogen (secondary N) is 1. The molecule has 0 atom stereocenters. The number of rotatable bonds is 4. The Labute approximate surface area is 119 Å². The standard InChI is InChI=1S/C14H17N3O2S/c1-17(2)13-7-5-4-6-12(13)11-8-9-14(15-10-11)16-20(3,18)19/h4-10H,1-3H3,(H,15,16). The van der Waals surface area contributed by atoms with Gasteiger partial charge in [0.2, 0.25) is 10.0 Å². The van der Waals surface area contributed by atoms with E-state index in [0.717, 1.165) is 23.1 Å². The quantitative estimate of drug-likeness (QED) is 0.938. The number of hydrogen-bond acceptors (Lipinski definition) is 4. The van der Waals surface area contributed by atoms with Gasteiger partial charge in [0.15, 0.2) is 0 Å². The van der Waals surface area contributed by atoms with Crippen LogP contribution in [0.1, 0.15) is 0 Å². The molecule has 0 radical (unpaired) electrons. The first-order valence-electron chi connectivity index (χ1n) is 6.07. The van der Waals surface area contributed by atoms with Crippen LogP contribution in [-0.4, -0.2) is 33.8 Å². The average Bonchev–Trinajstić information content (AvgIpc) is 2.38. The second kappa shape index (κ2) is 5.50. The van der Waals surface area contributed by atoms with Crippen molar-refractivity contribution in [2.24, 2.45) is 0 Å². The molecule has 0 bridgehead atoms. The van der Waals surface area contributed by atoms with E-state index in [1.165, 1.54) is 0 Å². The zero-order chi connectivity index (χ0) is 14.8. The molecular formula is C14H17N3O2S. The molecule has 1 aromatic heterocycles. The topological polar surface area (TPSA) is 62.3 Å². The largest absolute Gasteiger partial charge is 0.377 e. The van der Waals surface area contributed by atoms with E-state index in [2.05, 4.69) is 9.71 Å². The van der Waals surface area contributed by atoms with Gasteiger partial charge in [0.25, 0.3) is 0 Å². The van der Waals surface area contributed by atoms with Crippen molar-refractivity contribution < 1.29 is 8.42 Å². The molecule has 0 saturated heterocycles. The third-order valence-corrected chi connectivity index (χ3v) is 3.33. The molecule has 106 valence electrons. The summed E-state index contributed by atoms with van der Waals surface area (Å²) in [7, 11) is 0.659. The SMILES string of the molecule is CN(C)c1ccccc1-c1ccc(NS(C)(=O)=O)nc1. The minimum atomic E-state index is -3.30. The Morgan fingerprint density at radius 1 is 1.10 bits per heavy atom. The maximum absolute atomic E-state index is 11.1.